The quantitative estimate of drug-likeness (QED) is 0.909. The van der Waals surface area contributed by atoms with Crippen molar-refractivity contribution in [3.8, 4) is 0 Å². The zero-order chi connectivity index (χ0) is 13.1. The minimum atomic E-state index is -0.253. The zero-order valence-electron chi connectivity index (χ0n) is 9.74. The van der Waals surface area contributed by atoms with Crippen molar-refractivity contribution >= 4 is 34.5 Å². The smallest absolute Gasteiger partial charge is 0.275 e. The van der Waals surface area contributed by atoms with Crippen molar-refractivity contribution in [2.75, 3.05) is 5.32 Å². The van der Waals surface area contributed by atoms with Gasteiger partial charge in [-0.1, -0.05) is 17.7 Å². The lowest BCUT2D eigenvalue weighted by atomic mass is 10.2. The predicted molar refractivity (Wildman–Crippen MR) is 74.1 cm³/mol. The van der Waals surface area contributed by atoms with Gasteiger partial charge in [-0.3, -0.25) is 4.79 Å². The molecule has 18 heavy (non-hydrogen) atoms. The van der Waals surface area contributed by atoms with Crippen LogP contribution in [0, 0.1) is 6.92 Å². The van der Waals surface area contributed by atoms with Crippen LogP contribution in [0.15, 0.2) is 23.6 Å². The average Bonchev–Trinajstić information content (AvgIpc) is 2.82. The summed E-state index contributed by atoms with van der Waals surface area (Å²) in [4.78, 5) is 16.1. The molecule has 0 aliphatic carbocycles. The second kappa shape index (κ2) is 5.48. The Hall–Kier alpha value is -1.43. The summed E-state index contributed by atoms with van der Waals surface area (Å²) in [5.41, 5.74) is 7.47. The molecule has 1 heterocycles. The van der Waals surface area contributed by atoms with Crippen molar-refractivity contribution in [3.63, 3.8) is 0 Å². The number of aromatic nitrogens is 1. The Kier molecular flexibility index (Phi) is 3.96. The van der Waals surface area contributed by atoms with Gasteiger partial charge in [0.25, 0.3) is 5.91 Å². The molecule has 0 atom stereocenters. The summed E-state index contributed by atoms with van der Waals surface area (Å²) in [7, 11) is 0. The van der Waals surface area contributed by atoms with Crippen LogP contribution >= 0.6 is 22.9 Å². The summed E-state index contributed by atoms with van der Waals surface area (Å²) >= 11 is 7.26. The molecule has 2 rings (SSSR count). The maximum Gasteiger partial charge on any atom is 0.275 e. The van der Waals surface area contributed by atoms with Gasteiger partial charge in [0.2, 0.25) is 0 Å². The van der Waals surface area contributed by atoms with Gasteiger partial charge in [0.05, 0.1) is 0 Å². The molecule has 0 aliphatic rings. The Morgan fingerprint density at radius 3 is 3.00 bits per heavy atom. The van der Waals surface area contributed by atoms with Gasteiger partial charge in [0, 0.05) is 22.6 Å². The van der Waals surface area contributed by atoms with Crippen LogP contribution in [0.2, 0.25) is 5.02 Å². The molecule has 6 heteroatoms. The standard InChI is InChI=1S/C12H12ClN3OS/c1-7-2-3-8(13)4-9(7)16-12(17)10-6-18-11(5-14)15-10/h2-4,6H,5,14H2,1H3,(H,16,17). The first-order chi connectivity index (χ1) is 8.60. The number of nitrogens with one attached hydrogen (secondary N) is 1. The fourth-order valence-corrected chi connectivity index (χ4v) is 2.25. The van der Waals surface area contributed by atoms with Crippen molar-refractivity contribution in [2.45, 2.75) is 13.5 Å². The molecule has 0 unspecified atom stereocenters. The monoisotopic (exact) mass is 281 g/mol. The van der Waals surface area contributed by atoms with Gasteiger partial charge in [-0.05, 0) is 24.6 Å². The fraction of sp³-hybridized carbons (Fsp3) is 0.167. The van der Waals surface area contributed by atoms with Crippen molar-refractivity contribution in [3.05, 3.63) is 44.9 Å². The molecule has 4 nitrogen and oxygen atoms in total. The maximum absolute atomic E-state index is 12.0. The van der Waals surface area contributed by atoms with Crippen LogP contribution in [0.1, 0.15) is 21.1 Å². The number of benzene rings is 1. The number of rotatable bonds is 3. The Morgan fingerprint density at radius 2 is 2.33 bits per heavy atom. The number of carbonyl (C=O) groups is 1. The predicted octanol–water partition coefficient (Wildman–Crippen LogP) is 2.82. The number of thiazole rings is 1. The number of amides is 1. The average molecular weight is 282 g/mol. The molecule has 0 bridgehead atoms. The molecule has 2 aromatic rings. The van der Waals surface area contributed by atoms with E-state index >= 15 is 0 Å². The Bertz CT molecular complexity index is 582. The Labute approximate surface area is 114 Å². The van der Waals surface area contributed by atoms with Gasteiger partial charge in [-0.15, -0.1) is 11.3 Å². The zero-order valence-corrected chi connectivity index (χ0v) is 11.3. The number of hydrogen-bond donors (Lipinski definition) is 2. The van der Waals surface area contributed by atoms with E-state index in [1.54, 1.807) is 17.5 Å². The highest BCUT2D eigenvalue weighted by molar-refractivity contribution is 7.09. The first kappa shape index (κ1) is 13.0. The highest BCUT2D eigenvalue weighted by Crippen LogP contribution is 2.21. The largest absolute Gasteiger partial charge is 0.325 e. The van der Waals surface area contributed by atoms with Gasteiger partial charge in [0.15, 0.2) is 0 Å². The van der Waals surface area contributed by atoms with Gasteiger partial charge < -0.3 is 11.1 Å². The lowest BCUT2D eigenvalue weighted by Gasteiger charge is -2.07. The third-order valence-corrected chi connectivity index (χ3v) is 3.51. The summed E-state index contributed by atoms with van der Waals surface area (Å²) in [5, 5.41) is 5.80. The summed E-state index contributed by atoms with van der Waals surface area (Å²) in [6.07, 6.45) is 0. The van der Waals surface area contributed by atoms with E-state index < -0.39 is 0 Å². The van der Waals surface area contributed by atoms with Crippen LogP contribution in [0.5, 0.6) is 0 Å². The molecule has 94 valence electrons. The molecular formula is C12H12ClN3OS. The van der Waals surface area contributed by atoms with Crippen LogP contribution < -0.4 is 11.1 Å². The molecule has 0 spiro atoms. The van der Waals surface area contributed by atoms with Gasteiger partial charge >= 0.3 is 0 Å². The van der Waals surface area contributed by atoms with Crippen LogP contribution in [0.4, 0.5) is 5.69 Å². The van der Waals surface area contributed by atoms with Gasteiger partial charge in [-0.25, -0.2) is 4.98 Å². The normalized spacial score (nSPS) is 10.4. The number of aryl methyl sites for hydroxylation is 1. The lowest BCUT2D eigenvalue weighted by Crippen LogP contribution is -2.13. The molecule has 1 aromatic heterocycles. The number of halogens is 1. The minimum absolute atomic E-state index is 0.253. The second-order valence-electron chi connectivity index (χ2n) is 3.74. The first-order valence-electron chi connectivity index (χ1n) is 5.32. The minimum Gasteiger partial charge on any atom is -0.325 e. The molecule has 0 fully saturated rings. The summed E-state index contributed by atoms with van der Waals surface area (Å²) in [6.45, 7) is 2.24. The summed E-state index contributed by atoms with van der Waals surface area (Å²) in [6, 6.07) is 5.34. The molecule has 0 radical (unpaired) electrons. The third-order valence-electron chi connectivity index (χ3n) is 2.41. The molecular weight excluding hydrogens is 270 g/mol. The Morgan fingerprint density at radius 1 is 1.56 bits per heavy atom. The van der Waals surface area contributed by atoms with E-state index in [1.165, 1.54) is 11.3 Å². The first-order valence-corrected chi connectivity index (χ1v) is 6.58. The highest BCUT2D eigenvalue weighted by atomic mass is 35.5. The maximum atomic E-state index is 12.0. The second-order valence-corrected chi connectivity index (χ2v) is 5.12. The summed E-state index contributed by atoms with van der Waals surface area (Å²) < 4.78 is 0. The van der Waals surface area contributed by atoms with E-state index in [9.17, 15) is 4.79 Å². The molecule has 1 aromatic carbocycles. The highest BCUT2D eigenvalue weighted by Gasteiger charge is 2.11. The van der Waals surface area contributed by atoms with E-state index in [-0.39, 0.29) is 5.91 Å². The van der Waals surface area contributed by atoms with E-state index in [0.717, 1.165) is 10.6 Å². The van der Waals surface area contributed by atoms with Crippen LogP contribution in [-0.4, -0.2) is 10.9 Å². The van der Waals surface area contributed by atoms with E-state index in [4.69, 9.17) is 17.3 Å². The van der Waals surface area contributed by atoms with Crippen LogP contribution in [0.25, 0.3) is 0 Å². The van der Waals surface area contributed by atoms with E-state index in [0.29, 0.717) is 22.9 Å². The molecule has 0 saturated carbocycles. The van der Waals surface area contributed by atoms with Crippen molar-refractivity contribution in [1.82, 2.24) is 4.98 Å². The van der Waals surface area contributed by atoms with Crippen molar-refractivity contribution in [1.29, 1.82) is 0 Å². The SMILES string of the molecule is Cc1ccc(Cl)cc1NC(=O)c1csc(CN)n1. The number of carbonyl (C=O) groups excluding carboxylic acids is 1. The van der Waals surface area contributed by atoms with Crippen LogP contribution in [0.3, 0.4) is 0 Å². The third kappa shape index (κ3) is 2.87. The van der Waals surface area contributed by atoms with Gasteiger partial charge in [0.1, 0.15) is 10.7 Å². The summed E-state index contributed by atoms with van der Waals surface area (Å²) in [5.74, 6) is -0.253. The van der Waals surface area contributed by atoms with E-state index in [2.05, 4.69) is 10.3 Å². The number of hydrogen-bond acceptors (Lipinski definition) is 4. The van der Waals surface area contributed by atoms with Gasteiger partial charge in [-0.2, -0.15) is 0 Å². The number of anilines is 1. The number of nitrogens with zero attached hydrogens (tertiary/aromatic N) is 1. The molecule has 0 saturated heterocycles. The van der Waals surface area contributed by atoms with E-state index in [1.807, 2.05) is 13.0 Å². The lowest BCUT2D eigenvalue weighted by molar-refractivity contribution is 0.102. The van der Waals surface area contributed by atoms with Crippen molar-refractivity contribution in [2.24, 2.45) is 5.73 Å². The molecule has 0 aliphatic heterocycles. The van der Waals surface area contributed by atoms with Crippen molar-refractivity contribution < 1.29 is 4.79 Å². The fourth-order valence-electron chi connectivity index (χ4n) is 1.42. The molecule has 3 N–H and O–H groups in total. The Balaban J connectivity index is 2.18. The van der Waals surface area contributed by atoms with Crippen LogP contribution in [-0.2, 0) is 6.54 Å². The topological polar surface area (TPSA) is 68.0 Å². The number of nitrogens with two attached hydrogens (primary N) is 1. The molecule has 1 amide bonds.